The Kier molecular flexibility index (Phi) is 3.53. The highest BCUT2D eigenvalue weighted by molar-refractivity contribution is 5.91. The van der Waals surface area contributed by atoms with Crippen LogP contribution < -0.4 is 10.9 Å². The van der Waals surface area contributed by atoms with Crippen LogP contribution in [-0.4, -0.2) is 25.3 Å². The van der Waals surface area contributed by atoms with E-state index in [0.717, 1.165) is 5.56 Å². The number of para-hydroxylation sites is 1. The monoisotopic (exact) mass is 333 g/mol. The van der Waals surface area contributed by atoms with Crippen molar-refractivity contribution < 1.29 is 4.79 Å². The summed E-state index contributed by atoms with van der Waals surface area (Å²) in [5.41, 5.74) is 2.63. The summed E-state index contributed by atoms with van der Waals surface area (Å²) in [6.45, 7) is 1.83. The topological polar surface area (TPSA) is 81.3 Å². The highest BCUT2D eigenvalue weighted by Gasteiger charge is 2.14. The third kappa shape index (κ3) is 2.65. The van der Waals surface area contributed by atoms with E-state index < -0.39 is 0 Å². The van der Waals surface area contributed by atoms with Crippen molar-refractivity contribution in [1.29, 1.82) is 0 Å². The number of amides is 1. The van der Waals surface area contributed by atoms with E-state index in [1.165, 1.54) is 10.8 Å². The average molecular weight is 333 g/mol. The SMILES string of the molecule is Cc1cccc(NC(=O)Cn2c(=O)c3ccccc3n3nncc23)c1. The number of aromatic nitrogens is 4. The maximum atomic E-state index is 12.8. The Morgan fingerprint density at radius 3 is 2.84 bits per heavy atom. The van der Waals surface area contributed by atoms with Crippen LogP contribution in [0.2, 0.25) is 0 Å². The molecule has 0 saturated carbocycles. The summed E-state index contributed by atoms with van der Waals surface area (Å²) < 4.78 is 2.95. The Morgan fingerprint density at radius 2 is 2.00 bits per heavy atom. The molecule has 2 aromatic carbocycles. The highest BCUT2D eigenvalue weighted by Crippen LogP contribution is 2.13. The molecule has 7 heteroatoms. The number of nitrogens with one attached hydrogen (secondary N) is 1. The summed E-state index contributed by atoms with van der Waals surface area (Å²) in [7, 11) is 0. The standard InChI is InChI=1S/C18H15N5O2/c1-12-5-4-6-13(9-12)20-16(24)11-22-17-10-19-21-23(17)15-8-3-2-7-14(15)18(22)25/h2-10H,11H2,1H3,(H,20,24). The third-order valence-corrected chi connectivity index (χ3v) is 4.02. The van der Waals surface area contributed by atoms with E-state index in [2.05, 4.69) is 15.6 Å². The van der Waals surface area contributed by atoms with Gasteiger partial charge in [-0.1, -0.05) is 29.5 Å². The molecule has 1 N–H and O–H groups in total. The molecule has 25 heavy (non-hydrogen) atoms. The Bertz CT molecular complexity index is 1160. The molecule has 0 saturated heterocycles. The highest BCUT2D eigenvalue weighted by atomic mass is 16.2. The van der Waals surface area contributed by atoms with E-state index in [4.69, 9.17) is 0 Å². The van der Waals surface area contributed by atoms with Gasteiger partial charge < -0.3 is 5.32 Å². The molecule has 0 spiro atoms. The molecule has 0 radical (unpaired) electrons. The molecule has 0 atom stereocenters. The summed E-state index contributed by atoms with van der Waals surface area (Å²) in [6.07, 6.45) is 1.48. The molecule has 0 aliphatic carbocycles. The Labute approximate surface area is 142 Å². The number of hydrogen-bond donors (Lipinski definition) is 1. The largest absolute Gasteiger partial charge is 0.325 e. The minimum Gasteiger partial charge on any atom is -0.325 e. The van der Waals surface area contributed by atoms with Crippen molar-refractivity contribution in [2.45, 2.75) is 13.5 Å². The van der Waals surface area contributed by atoms with E-state index in [1.54, 1.807) is 22.7 Å². The van der Waals surface area contributed by atoms with Gasteiger partial charge in [0.25, 0.3) is 5.56 Å². The van der Waals surface area contributed by atoms with Gasteiger partial charge >= 0.3 is 0 Å². The molecular weight excluding hydrogens is 318 g/mol. The first-order valence-electron chi connectivity index (χ1n) is 7.82. The molecule has 2 aromatic heterocycles. The molecule has 7 nitrogen and oxygen atoms in total. The number of aryl methyl sites for hydroxylation is 1. The zero-order valence-electron chi connectivity index (χ0n) is 13.5. The summed E-state index contributed by atoms with van der Waals surface area (Å²) in [6, 6.07) is 14.6. The van der Waals surface area contributed by atoms with Crippen LogP contribution in [0.1, 0.15) is 5.56 Å². The maximum Gasteiger partial charge on any atom is 0.262 e. The van der Waals surface area contributed by atoms with Gasteiger partial charge in [-0.25, -0.2) is 0 Å². The van der Waals surface area contributed by atoms with Crippen molar-refractivity contribution in [3.05, 3.63) is 70.6 Å². The van der Waals surface area contributed by atoms with E-state index in [1.807, 2.05) is 37.3 Å². The van der Waals surface area contributed by atoms with E-state index in [-0.39, 0.29) is 18.0 Å². The van der Waals surface area contributed by atoms with Gasteiger partial charge in [0.2, 0.25) is 5.91 Å². The molecule has 0 unspecified atom stereocenters. The molecule has 0 aliphatic heterocycles. The smallest absolute Gasteiger partial charge is 0.262 e. The fourth-order valence-electron chi connectivity index (χ4n) is 2.89. The fourth-order valence-corrected chi connectivity index (χ4v) is 2.89. The average Bonchev–Trinajstić information content (AvgIpc) is 3.08. The van der Waals surface area contributed by atoms with Gasteiger partial charge in [-0.15, -0.1) is 5.10 Å². The van der Waals surface area contributed by atoms with E-state index >= 15 is 0 Å². The van der Waals surface area contributed by atoms with Gasteiger partial charge in [-0.2, -0.15) is 4.52 Å². The lowest BCUT2D eigenvalue weighted by molar-refractivity contribution is -0.116. The van der Waals surface area contributed by atoms with Gasteiger partial charge in [-0.3, -0.25) is 14.2 Å². The van der Waals surface area contributed by atoms with Gasteiger partial charge in [0.15, 0.2) is 5.65 Å². The summed E-state index contributed by atoms with van der Waals surface area (Å²) in [4.78, 5) is 25.2. The van der Waals surface area contributed by atoms with Crippen LogP contribution in [0.4, 0.5) is 5.69 Å². The second-order valence-electron chi connectivity index (χ2n) is 5.83. The second-order valence-corrected chi connectivity index (χ2v) is 5.83. The Morgan fingerprint density at radius 1 is 1.16 bits per heavy atom. The van der Waals surface area contributed by atoms with Crippen LogP contribution in [0.5, 0.6) is 0 Å². The van der Waals surface area contributed by atoms with Gasteiger partial charge in [0, 0.05) is 5.69 Å². The number of hydrogen-bond acceptors (Lipinski definition) is 4. The van der Waals surface area contributed by atoms with Crippen molar-refractivity contribution in [2.75, 3.05) is 5.32 Å². The minimum atomic E-state index is -0.286. The van der Waals surface area contributed by atoms with Crippen LogP contribution in [0.15, 0.2) is 59.5 Å². The number of carbonyl (C=O) groups excluding carboxylic acids is 1. The lowest BCUT2D eigenvalue weighted by Gasteiger charge is -2.11. The van der Waals surface area contributed by atoms with Gasteiger partial charge in [0.05, 0.1) is 17.1 Å². The van der Waals surface area contributed by atoms with E-state index in [9.17, 15) is 9.59 Å². The number of nitrogens with zero attached hydrogens (tertiary/aromatic N) is 4. The lowest BCUT2D eigenvalue weighted by atomic mass is 10.2. The van der Waals surface area contributed by atoms with E-state index in [0.29, 0.717) is 22.2 Å². The Hall–Kier alpha value is -3.48. The van der Waals surface area contributed by atoms with Gasteiger partial charge in [0.1, 0.15) is 6.54 Å². The summed E-state index contributed by atoms with van der Waals surface area (Å²) in [5.74, 6) is -0.286. The predicted octanol–water partition coefficient (Wildman–Crippen LogP) is 1.99. The molecule has 124 valence electrons. The molecule has 2 heterocycles. The first-order valence-corrected chi connectivity index (χ1v) is 7.82. The lowest BCUT2D eigenvalue weighted by Crippen LogP contribution is -2.29. The molecule has 0 aliphatic rings. The van der Waals surface area contributed by atoms with Crippen molar-refractivity contribution >= 4 is 28.1 Å². The molecule has 1 amide bonds. The quantitative estimate of drug-likeness (QED) is 0.622. The fraction of sp³-hybridized carbons (Fsp3) is 0.111. The van der Waals surface area contributed by atoms with Crippen LogP contribution in [-0.2, 0) is 11.3 Å². The molecule has 4 aromatic rings. The first kappa shape index (κ1) is 15.1. The molecule has 0 fully saturated rings. The van der Waals surface area contributed by atoms with Crippen LogP contribution in [0, 0.1) is 6.92 Å². The summed E-state index contributed by atoms with van der Waals surface area (Å²) in [5, 5.41) is 11.2. The number of fused-ring (bicyclic) bond motifs is 3. The number of carbonyl (C=O) groups is 1. The van der Waals surface area contributed by atoms with Crippen molar-refractivity contribution in [3.63, 3.8) is 0 Å². The van der Waals surface area contributed by atoms with Crippen molar-refractivity contribution in [2.24, 2.45) is 0 Å². The Balaban J connectivity index is 1.75. The van der Waals surface area contributed by atoms with Gasteiger partial charge in [-0.05, 0) is 36.8 Å². The van der Waals surface area contributed by atoms with Crippen LogP contribution in [0.3, 0.4) is 0 Å². The predicted molar refractivity (Wildman–Crippen MR) is 94.6 cm³/mol. The zero-order valence-corrected chi connectivity index (χ0v) is 13.5. The molecule has 0 bridgehead atoms. The van der Waals surface area contributed by atoms with Crippen molar-refractivity contribution in [3.8, 4) is 0 Å². The molecular formula is C18H15N5O2. The number of benzene rings is 2. The molecule has 4 rings (SSSR count). The van der Waals surface area contributed by atoms with Crippen LogP contribution in [0.25, 0.3) is 16.6 Å². The maximum absolute atomic E-state index is 12.8. The number of rotatable bonds is 3. The first-order chi connectivity index (χ1) is 12.1. The normalized spacial score (nSPS) is 11.1. The third-order valence-electron chi connectivity index (χ3n) is 4.02. The van der Waals surface area contributed by atoms with Crippen LogP contribution >= 0.6 is 0 Å². The second kappa shape index (κ2) is 5.86. The minimum absolute atomic E-state index is 0.117. The number of anilines is 1. The van der Waals surface area contributed by atoms with Crippen molar-refractivity contribution in [1.82, 2.24) is 19.4 Å². The summed E-state index contributed by atoms with van der Waals surface area (Å²) >= 11 is 0. The zero-order chi connectivity index (χ0) is 17.4.